The second-order valence-corrected chi connectivity index (χ2v) is 8.51. The summed E-state index contributed by atoms with van der Waals surface area (Å²) in [6.07, 6.45) is 3.20. The zero-order valence-electron chi connectivity index (χ0n) is 19.0. The summed E-state index contributed by atoms with van der Waals surface area (Å²) in [5, 5.41) is 11.5. The van der Waals surface area contributed by atoms with E-state index >= 15 is 0 Å². The highest BCUT2D eigenvalue weighted by Gasteiger charge is 2.30. The summed E-state index contributed by atoms with van der Waals surface area (Å²) in [5.74, 6) is 0. The largest absolute Gasteiger partial charge is 0.416 e. The fraction of sp³-hybridized carbons (Fsp3) is 0.292. The van der Waals surface area contributed by atoms with Crippen molar-refractivity contribution in [3.63, 3.8) is 0 Å². The van der Waals surface area contributed by atoms with E-state index in [-0.39, 0.29) is 12.6 Å². The van der Waals surface area contributed by atoms with Gasteiger partial charge in [0, 0.05) is 63.3 Å². The Kier molecular flexibility index (Phi) is 5.83. The van der Waals surface area contributed by atoms with Gasteiger partial charge in [0.25, 0.3) is 0 Å². The zero-order valence-corrected chi connectivity index (χ0v) is 19.0. The summed E-state index contributed by atoms with van der Waals surface area (Å²) in [5.41, 5.74) is 3.94. The predicted octanol–water partition coefficient (Wildman–Crippen LogP) is 3.79. The van der Waals surface area contributed by atoms with Gasteiger partial charge in [-0.2, -0.15) is 23.4 Å². The van der Waals surface area contributed by atoms with Crippen molar-refractivity contribution in [2.45, 2.75) is 12.7 Å². The second-order valence-electron chi connectivity index (χ2n) is 8.51. The Balaban J connectivity index is 1.17. The van der Waals surface area contributed by atoms with Gasteiger partial charge in [-0.3, -0.25) is 4.68 Å². The lowest BCUT2D eigenvalue weighted by molar-refractivity contribution is -0.137. The highest BCUT2D eigenvalue weighted by atomic mass is 19.4. The monoisotopic (exact) mass is 483 g/mol. The van der Waals surface area contributed by atoms with Crippen LogP contribution >= 0.6 is 0 Å². The number of fused-ring (bicyclic) bond motifs is 1. The molecule has 11 heteroatoms. The lowest BCUT2D eigenvalue weighted by Crippen LogP contribution is -2.51. The topological polar surface area (TPSA) is 70.7 Å². The number of rotatable bonds is 4. The first kappa shape index (κ1) is 22.8. The average molecular weight is 483 g/mol. The van der Waals surface area contributed by atoms with Gasteiger partial charge in [0.15, 0.2) is 0 Å². The lowest BCUT2D eigenvalue weighted by Gasteiger charge is -2.35. The molecular weight excluding hydrogens is 459 g/mol. The number of nitrogens with zero attached hydrogens (tertiary/aromatic N) is 6. The molecule has 35 heavy (non-hydrogen) atoms. The van der Waals surface area contributed by atoms with Crippen molar-refractivity contribution in [3.05, 3.63) is 72.3 Å². The molecule has 2 amide bonds. The maximum atomic E-state index is 12.7. The van der Waals surface area contributed by atoms with Crippen LogP contribution in [0.2, 0.25) is 0 Å². The van der Waals surface area contributed by atoms with Gasteiger partial charge in [0.05, 0.1) is 29.2 Å². The number of aryl methyl sites for hydroxylation is 1. The average Bonchev–Trinajstić information content (AvgIpc) is 3.48. The number of urea groups is 1. The van der Waals surface area contributed by atoms with Crippen LogP contribution in [0.4, 0.5) is 23.7 Å². The molecule has 1 fully saturated rings. The van der Waals surface area contributed by atoms with Crippen LogP contribution in [0.1, 0.15) is 11.1 Å². The molecule has 4 heterocycles. The van der Waals surface area contributed by atoms with Crippen molar-refractivity contribution in [1.82, 2.24) is 29.6 Å². The molecule has 3 aromatic heterocycles. The number of hydrogen-bond acceptors (Lipinski definition) is 4. The summed E-state index contributed by atoms with van der Waals surface area (Å²) in [6.45, 7) is 2.54. The molecule has 0 atom stereocenters. The molecule has 0 bridgehead atoms. The third-order valence-corrected chi connectivity index (χ3v) is 6.17. The summed E-state index contributed by atoms with van der Waals surface area (Å²) >= 11 is 0. The Morgan fingerprint density at radius 3 is 2.34 bits per heavy atom. The van der Waals surface area contributed by atoms with Crippen LogP contribution in [-0.2, 0) is 19.8 Å². The summed E-state index contributed by atoms with van der Waals surface area (Å²) in [6, 6.07) is 8.66. The summed E-state index contributed by atoms with van der Waals surface area (Å²) in [7, 11) is 1.88. The SMILES string of the molecule is Cn1cc(-c2ccc3c(N4CCN(C(=O)NCc5ccc(C(F)(F)F)cc5)CC4)cnn3c2)cn1. The van der Waals surface area contributed by atoms with E-state index in [0.717, 1.165) is 34.5 Å². The Bertz CT molecular complexity index is 1340. The molecule has 5 rings (SSSR count). The maximum Gasteiger partial charge on any atom is 0.416 e. The first-order valence-electron chi connectivity index (χ1n) is 11.2. The van der Waals surface area contributed by atoms with E-state index in [0.29, 0.717) is 31.7 Å². The minimum Gasteiger partial charge on any atom is -0.365 e. The van der Waals surface area contributed by atoms with E-state index in [9.17, 15) is 18.0 Å². The number of hydrogen-bond donors (Lipinski definition) is 1. The number of piperazine rings is 1. The van der Waals surface area contributed by atoms with Crippen molar-refractivity contribution < 1.29 is 18.0 Å². The third-order valence-electron chi connectivity index (χ3n) is 6.17. The highest BCUT2D eigenvalue weighted by molar-refractivity contribution is 5.77. The van der Waals surface area contributed by atoms with Crippen LogP contribution in [0, 0.1) is 0 Å². The van der Waals surface area contributed by atoms with Gasteiger partial charge in [-0.15, -0.1) is 0 Å². The van der Waals surface area contributed by atoms with Crippen molar-refractivity contribution >= 4 is 17.2 Å². The molecule has 182 valence electrons. The number of carbonyl (C=O) groups excluding carboxylic acids is 1. The zero-order chi connectivity index (χ0) is 24.6. The number of halogens is 3. The molecule has 0 aliphatic carbocycles. The molecule has 0 unspecified atom stereocenters. The van der Waals surface area contributed by atoms with Crippen LogP contribution in [0.5, 0.6) is 0 Å². The fourth-order valence-electron chi connectivity index (χ4n) is 4.21. The Morgan fingerprint density at radius 2 is 1.69 bits per heavy atom. The first-order chi connectivity index (χ1) is 16.8. The van der Waals surface area contributed by atoms with E-state index in [4.69, 9.17) is 0 Å². The number of aromatic nitrogens is 4. The van der Waals surface area contributed by atoms with Gasteiger partial charge in [0.1, 0.15) is 0 Å². The van der Waals surface area contributed by atoms with Crippen LogP contribution in [-0.4, -0.2) is 56.5 Å². The summed E-state index contributed by atoms with van der Waals surface area (Å²) in [4.78, 5) is 16.5. The van der Waals surface area contributed by atoms with Crippen LogP contribution in [0.3, 0.4) is 0 Å². The first-order valence-corrected chi connectivity index (χ1v) is 11.2. The molecular formula is C24H24F3N7O. The Hall–Kier alpha value is -4.02. The number of amides is 2. The second kappa shape index (κ2) is 8.97. The van der Waals surface area contributed by atoms with Crippen LogP contribution < -0.4 is 10.2 Å². The van der Waals surface area contributed by atoms with Gasteiger partial charge in [-0.25, -0.2) is 9.31 Å². The molecule has 1 aliphatic heterocycles. The molecule has 4 aromatic rings. The molecule has 1 aromatic carbocycles. The van der Waals surface area contributed by atoms with Gasteiger partial charge < -0.3 is 15.1 Å². The van der Waals surface area contributed by atoms with Crippen molar-refractivity contribution in [2.75, 3.05) is 31.1 Å². The predicted molar refractivity (Wildman–Crippen MR) is 125 cm³/mol. The maximum absolute atomic E-state index is 12.7. The number of carbonyl (C=O) groups is 1. The van der Waals surface area contributed by atoms with Gasteiger partial charge in [-0.1, -0.05) is 18.2 Å². The third kappa shape index (κ3) is 4.79. The van der Waals surface area contributed by atoms with Crippen molar-refractivity contribution in [2.24, 2.45) is 7.05 Å². The number of alkyl halides is 3. The highest BCUT2D eigenvalue weighted by Crippen LogP contribution is 2.29. The molecule has 1 aliphatic rings. The minimum atomic E-state index is -4.37. The number of nitrogens with one attached hydrogen (secondary N) is 1. The molecule has 1 N–H and O–H groups in total. The van der Waals surface area contributed by atoms with Gasteiger partial charge in [-0.05, 0) is 23.8 Å². The summed E-state index contributed by atoms with van der Waals surface area (Å²) < 4.78 is 41.7. The Labute approximate surface area is 199 Å². The van der Waals surface area contributed by atoms with Crippen LogP contribution in [0.15, 0.2) is 61.2 Å². The van der Waals surface area contributed by atoms with E-state index < -0.39 is 11.7 Å². The van der Waals surface area contributed by atoms with Crippen molar-refractivity contribution in [1.29, 1.82) is 0 Å². The van der Waals surface area contributed by atoms with Gasteiger partial charge in [0.2, 0.25) is 0 Å². The van der Waals surface area contributed by atoms with Crippen LogP contribution in [0.25, 0.3) is 16.6 Å². The Morgan fingerprint density at radius 1 is 0.943 bits per heavy atom. The molecule has 1 saturated heterocycles. The van der Waals surface area contributed by atoms with E-state index in [1.807, 2.05) is 48.5 Å². The molecule has 0 spiro atoms. The normalized spacial score (nSPS) is 14.5. The van der Waals surface area contributed by atoms with Gasteiger partial charge >= 0.3 is 12.2 Å². The minimum absolute atomic E-state index is 0.171. The quantitative estimate of drug-likeness (QED) is 0.480. The molecule has 0 radical (unpaired) electrons. The number of anilines is 1. The smallest absolute Gasteiger partial charge is 0.365 e. The van der Waals surface area contributed by atoms with E-state index in [1.54, 1.807) is 9.58 Å². The van der Waals surface area contributed by atoms with Crippen molar-refractivity contribution in [3.8, 4) is 11.1 Å². The standard InChI is InChI=1S/C24H24F3N7O/c1-31-15-19(13-29-31)18-4-7-21-22(14-30-34(21)16-18)32-8-10-33(11-9-32)23(35)28-12-17-2-5-20(6-3-17)24(25,26)27/h2-7,13-16H,8-12H2,1H3,(H,28,35). The van der Waals surface area contributed by atoms with E-state index in [2.05, 4.69) is 20.4 Å². The molecule has 8 nitrogen and oxygen atoms in total. The number of pyridine rings is 1. The fourth-order valence-corrected chi connectivity index (χ4v) is 4.21. The number of benzene rings is 1. The van der Waals surface area contributed by atoms with E-state index in [1.165, 1.54) is 12.1 Å². The molecule has 0 saturated carbocycles. The lowest BCUT2D eigenvalue weighted by atomic mass is 10.1.